The number of thiophene rings is 1. The average molecular weight is 657 g/mol. The van der Waals surface area contributed by atoms with Gasteiger partial charge in [-0.25, -0.2) is 15.0 Å². The van der Waals surface area contributed by atoms with Crippen LogP contribution in [0.2, 0.25) is 0 Å². The summed E-state index contributed by atoms with van der Waals surface area (Å²) in [5, 5.41) is 4.87. The second-order valence-electron chi connectivity index (χ2n) is 12.5. The monoisotopic (exact) mass is 656 g/mol. The predicted molar refractivity (Wildman–Crippen MR) is 209 cm³/mol. The molecule has 0 aliphatic heterocycles. The zero-order valence-corrected chi connectivity index (χ0v) is 27.7. The maximum absolute atomic E-state index is 5.17. The topological polar surface area (TPSA) is 43.6 Å². The molecule has 0 saturated heterocycles. The molecular formula is C45H28N4S. The van der Waals surface area contributed by atoms with Crippen LogP contribution in [-0.4, -0.2) is 19.5 Å². The fourth-order valence-electron chi connectivity index (χ4n) is 7.06. The Balaban J connectivity index is 1.18. The molecule has 0 saturated carbocycles. The largest absolute Gasteiger partial charge is 0.309 e. The van der Waals surface area contributed by atoms with Crippen LogP contribution in [0.15, 0.2) is 170 Å². The Morgan fingerprint density at radius 1 is 0.340 bits per heavy atom. The highest BCUT2D eigenvalue weighted by atomic mass is 32.1. The summed E-state index contributed by atoms with van der Waals surface area (Å²) in [7, 11) is 0. The van der Waals surface area contributed by atoms with Gasteiger partial charge in [-0.15, -0.1) is 11.3 Å². The molecule has 10 aromatic rings. The molecule has 4 nitrogen and oxygen atoms in total. The molecule has 0 atom stereocenters. The molecule has 7 aromatic carbocycles. The van der Waals surface area contributed by atoms with E-state index in [1.54, 1.807) is 11.3 Å². The van der Waals surface area contributed by atoms with Crippen molar-refractivity contribution in [2.75, 3.05) is 0 Å². The van der Waals surface area contributed by atoms with Gasteiger partial charge in [0, 0.05) is 53.3 Å². The van der Waals surface area contributed by atoms with Crippen LogP contribution in [0.3, 0.4) is 0 Å². The number of hydrogen-bond acceptors (Lipinski definition) is 4. The summed E-state index contributed by atoms with van der Waals surface area (Å²) in [5.41, 5.74) is 8.56. The number of hydrogen-bond donors (Lipinski definition) is 0. The van der Waals surface area contributed by atoms with Crippen LogP contribution in [0, 0.1) is 0 Å². The lowest BCUT2D eigenvalue weighted by Gasteiger charge is -2.11. The molecule has 3 aromatic heterocycles. The first-order valence-electron chi connectivity index (χ1n) is 16.7. The molecule has 50 heavy (non-hydrogen) atoms. The molecule has 3 heterocycles. The van der Waals surface area contributed by atoms with E-state index in [9.17, 15) is 0 Å². The number of rotatable bonds is 5. The molecule has 0 fully saturated rings. The van der Waals surface area contributed by atoms with Gasteiger partial charge in [-0.2, -0.15) is 0 Å². The van der Waals surface area contributed by atoms with Crippen LogP contribution in [0.5, 0.6) is 0 Å². The standard InChI is InChI=1S/C45H28N4S/c1-3-12-29(13-4-1)30-14-11-15-31(26-30)43-46-44(48-45(47-43)33-22-24-37-36-19-8-10-21-41(36)50-42(37)28-33)32-23-25-40-38(27-32)35-18-7-9-20-39(35)49(40)34-16-5-2-6-17-34/h1-28H. The molecule has 0 spiro atoms. The van der Waals surface area contributed by atoms with Gasteiger partial charge in [0.1, 0.15) is 0 Å². The molecule has 0 radical (unpaired) electrons. The van der Waals surface area contributed by atoms with Crippen LogP contribution in [0.1, 0.15) is 0 Å². The van der Waals surface area contributed by atoms with Gasteiger partial charge in [0.2, 0.25) is 0 Å². The van der Waals surface area contributed by atoms with E-state index < -0.39 is 0 Å². The Kier molecular flexibility index (Phi) is 6.64. The van der Waals surface area contributed by atoms with Crippen molar-refractivity contribution in [2.24, 2.45) is 0 Å². The van der Waals surface area contributed by atoms with Gasteiger partial charge in [0.05, 0.1) is 11.0 Å². The normalized spacial score (nSPS) is 11.6. The SMILES string of the molecule is c1ccc(-c2cccc(-c3nc(-c4ccc5c(c4)sc4ccccc45)nc(-c4ccc5c(c4)c4ccccc4n5-c4ccccc4)n3)c2)cc1. The Morgan fingerprint density at radius 3 is 1.70 bits per heavy atom. The molecule has 234 valence electrons. The van der Waals surface area contributed by atoms with Crippen LogP contribution >= 0.6 is 11.3 Å². The maximum atomic E-state index is 5.17. The predicted octanol–water partition coefficient (Wildman–Crippen LogP) is 12.0. The Labute approximate surface area is 292 Å². The first-order valence-corrected chi connectivity index (χ1v) is 17.5. The summed E-state index contributed by atoms with van der Waals surface area (Å²) in [4.78, 5) is 15.5. The Hall–Kier alpha value is -6.43. The number of aromatic nitrogens is 4. The third-order valence-corrected chi connectivity index (χ3v) is 10.6. The minimum absolute atomic E-state index is 0.644. The van der Waals surface area contributed by atoms with E-state index in [0.717, 1.165) is 49.9 Å². The summed E-state index contributed by atoms with van der Waals surface area (Å²) in [6.07, 6.45) is 0. The Bertz CT molecular complexity index is 2870. The number of nitrogens with zero attached hydrogens (tertiary/aromatic N) is 4. The second kappa shape index (κ2) is 11.6. The average Bonchev–Trinajstić information content (AvgIpc) is 3.73. The van der Waals surface area contributed by atoms with E-state index in [4.69, 9.17) is 15.0 Å². The third-order valence-electron chi connectivity index (χ3n) is 9.45. The van der Waals surface area contributed by atoms with Crippen molar-refractivity contribution >= 4 is 53.3 Å². The van der Waals surface area contributed by atoms with Crippen molar-refractivity contribution in [3.63, 3.8) is 0 Å². The van der Waals surface area contributed by atoms with Crippen molar-refractivity contribution in [3.8, 4) is 51.0 Å². The minimum Gasteiger partial charge on any atom is -0.309 e. The first-order chi connectivity index (χ1) is 24.8. The molecule has 0 aliphatic carbocycles. The molecule has 0 N–H and O–H groups in total. The van der Waals surface area contributed by atoms with Crippen molar-refractivity contribution < 1.29 is 0 Å². The number of benzene rings is 7. The summed E-state index contributed by atoms with van der Waals surface area (Å²) in [6.45, 7) is 0. The van der Waals surface area contributed by atoms with E-state index in [1.165, 1.54) is 25.6 Å². The molecule has 5 heteroatoms. The fourth-order valence-corrected chi connectivity index (χ4v) is 8.21. The summed E-state index contributed by atoms with van der Waals surface area (Å²) >= 11 is 1.80. The molecule has 0 amide bonds. The van der Waals surface area contributed by atoms with Crippen molar-refractivity contribution in [1.82, 2.24) is 19.5 Å². The van der Waals surface area contributed by atoms with Crippen LogP contribution < -0.4 is 0 Å². The molecule has 10 rings (SSSR count). The van der Waals surface area contributed by atoms with Gasteiger partial charge in [-0.3, -0.25) is 0 Å². The van der Waals surface area contributed by atoms with Gasteiger partial charge >= 0.3 is 0 Å². The summed E-state index contributed by atoms with van der Waals surface area (Å²) in [5.74, 6) is 1.94. The molecule has 0 unspecified atom stereocenters. The highest BCUT2D eigenvalue weighted by molar-refractivity contribution is 7.25. The van der Waals surface area contributed by atoms with Gasteiger partial charge in [0.25, 0.3) is 0 Å². The quantitative estimate of drug-likeness (QED) is 0.185. The van der Waals surface area contributed by atoms with E-state index in [1.807, 2.05) is 6.07 Å². The van der Waals surface area contributed by atoms with Crippen LogP contribution in [-0.2, 0) is 0 Å². The zero-order chi connectivity index (χ0) is 33.0. The van der Waals surface area contributed by atoms with Gasteiger partial charge in [0.15, 0.2) is 17.5 Å². The van der Waals surface area contributed by atoms with Crippen LogP contribution in [0.4, 0.5) is 0 Å². The smallest absolute Gasteiger partial charge is 0.164 e. The lowest BCUT2D eigenvalue weighted by Crippen LogP contribution is -2.00. The first kappa shape index (κ1) is 28.6. The molecule has 0 aliphatic rings. The molecular weight excluding hydrogens is 629 g/mol. The lowest BCUT2D eigenvalue weighted by atomic mass is 10.0. The van der Waals surface area contributed by atoms with Gasteiger partial charge in [-0.05, 0) is 65.7 Å². The van der Waals surface area contributed by atoms with E-state index in [2.05, 4.69) is 168 Å². The van der Waals surface area contributed by atoms with Gasteiger partial charge in [-0.1, -0.05) is 115 Å². The van der Waals surface area contributed by atoms with Crippen molar-refractivity contribution in [2.45, 2.75) is 0 Å². The highest BCUT2D eigenvalue weighted by Gasteiger charge is 2.17. The molecule has 0 bridgehead atoms. The minimum atomic E-state index is 0.644. The van der Waals surface area contributed by atoms with Crippen LogP contribution in [0.25, 0.3) is 93.0 Å². The fraction of sp³-hybridized carbons (Fsp3) is 0. The second-order valence-corrected chi connectivity index (χ2v) is 13.6. The van der Waals surface area contributed by atoms with Gasteiger partial charge < -0.3 is 4.57 Å². The lowest BCUT2D eigenvalue weighted by molar-refractivity contribution is 1.07. The van der Waals surface area contributed by atoms with Crippen molar-refractivity contribution in [1.29, 1.82) is 0 Å². The maximum Gasteiger partial charge on any atom is 0.164 e. The third kappa shape index (κ3) is 4.79. The summed E-state index contributed by atoms with van der Waals surface area (Å²) in [6, 6.07) is 59.7. The van der Waals surface area contributed by atoms with E-state index >= 15 is 0 Å². The van der Waals surface area contributed by atoms with E-state index in [0.29, 0.717) is 17.5 Å². The Morgan fingerprint density at radius 2 is 0.900 bits per heavy atom. The number of para-hydroxylation sites is 2. The number of fused-ring (bicyclic) bond motifs is 6. The highest BCUT2D eigenvalue weighted by Crippen LogP contribution is 2.38. The zero-order valence-electron chi connectivity index (χ0n) is 26.9. The summed E-state index contributed by atoms with van der Waals surface area (Å²) < 4.78 is 4.82. The van der Waals surface area contributed by atoms with E-state index in [-0.39, 0.29) is 0 Å². The van der Waals surface area contributed by atoms with Crippen molar-refractivity contribution in [3.05, 3.63) is 170 Å².